The van der Waals surface area contributed by atoms with Gasteiger partial charge in [-0.05, 0) is 56.5 Å². The molecule has 1 aromatic carbocycles. The average molecular weight is 390 g/mol. The Bertz CT molecular complexity index is 1120. The monoisotopic (exact) mass is 390 g/mol. The quantitative estimate of drug-likeness (QED) is 0.567. The van der Waals surface area contributed by atoms with Crippen LogP contribution >= 0.6 is 0 Å². The summed E-state index contributed by atoms with van der Waals surface area (Å²) in [5.41, 5.74) is 1.95. The van der Waals surface area contributed by atoms with Crippen LogP contribution in [0.5, 0.6) is 0 Å². The van der Waals surface area contributed by atoms with Crippen molar-refractivity contribution in [2.24, 2.45) is 0 Å². The number of fused-ring (bicyclic) bond motifs is 1. The van der Waals surface area contributed by atoms with Gasteiger partial charge in [0.25, 0.3) is 0 Å². The maximum Gasteiger partial charge on any atom is 1.00 e. The van der Waals surface area contributed by atoms with Crippen LogP contribution in [0.2, 0.25) is 0 Å². The van der Waals surface area contributed by atoms with Crippen molar-refractivity contribution < 1.29 is 65.7 Å². The first-order valence-electron chi connectivity index (χ1n) is 8.40. The topological polar surface area (TPSA) is 75.0 Å². The van der Waals surface area contributed by atoms with E-state index in [2.05, 4.69) is 4.98 Å². The second-order valence-electron chi connectivity index (χ2n) is 6.79. The molecule has 132 valence electrons. The third kappa shape index (κ3) is 3.79. The van der Waals surface area contributed by atoms with Gasteiger partial charge < -0.3 is 14.5 Å². The Labute approximate surface area is 197 Å². The molecule has 2 heterocycles. The van der Waals surface area contributed by atoms with E-state index in [-0.39, 0.29) is 62.8 Å². The molecule has 0 unspecified atom stereocenters. The summed E-state index contributed by atoms with van der Waals surface area (Å²) in [5.74, 6) is -2.12. The molecule has 2 aromatic heterocycles. The van der Waals surface area contributed by atoms with Crippen molar-refractivity contribution in [3.05, 3.63) is 63.5 Å². The van der Waals surface area contributed by atoms with E-state index in [9.17, 15) is 19.1 Å². The molecular formula is C20H16FKN2O3. The molecule has 4 rings (SSSR count). The average Bonchev–Trinajstić information content (AvgIpc) is 3.38. The van der Waals surface area contributed by atoms with Gasteiger partial charge in [-0.2, -0.15) is 0 Å². The first-order chi connectivity index (χ1) is 12.3. The van der Waals surface area contributed by atoms with Crippen LogP contribution in [0.3, 0.4) is 0 Å². The number of nitrogens with zero attached hydrogens (tertiary/aromatic N) is 2. The van der Waals surface area contributed by atoms with Gasteiger partial charge in [0.05, 0.1) is 17.0 Å². The molecule has 1 aliphatic rings. The van der Waals surface area contributed by atoms with Gasteiger partial charge in [-0.25, -0.2) is 4.39 Å². The molecule has 0 radical (unpaired) electrons. The molecule has 0 amide bonds. The van der Waals surface area contributed by atoms with Crippen molar-refractivity contribution in [1.82, 2.24) is 9.55 Å². The van der Waals surface area contributed by atoms with Crippen molar-refractivity contribution in [1.29, 1.82) is 0 Å². The van der Waals surface area contributed by atoms with Gasteiger partial charge in [0.2, 0.25) is 0 Å². The molecule has 0 aliphatic heterocycles. The van der Waals surface area contributed by atoms with Crippen LogP contribution < -0.4 is 61.9 Å². The Morgan fingerprint density at radius 3 is 2.37 bits per heavy atom. The van der Waals surface area contributed by atoms with Crippen molar-refractivity contribution in [2.45, 2.75) is 32.7 Å². The summed E-state index contributed by atoms with van der Waals surface area (Å²) in [5, 5.41) is 11.3. The zero-order valence-electron chi connectivity index (χ0n) is 15.4. The number of aryl methyl sites for hydroxylation is 2. The van der Waals surface area contributed by atoms with E-state index in [1.165, 1.54) is 6.20 Å². The first-order valence-corrected chi connectivity index (χ1v) is 8.40. The van der Waals surface area contributed by atoms with Crippen LogP contribution in [0, 0.1) is 19.7 Å². The first kappa shape index (κ1) is 20.4. The van der Waals surface area contributed by atoms with E-state index in [0.29, 0.717) is 16.6 Å². The van der Waals surface area contributed by atoms with Crippen LogP contribution in [-0.2, 0) is 0 Å². The Morgan fingerprint density at radius 2 is 1.81 bits per heavy atom. The molecule has 7 heteroatoms. The second-order valence-corrected chi connectivity index (χ2v) is 6.79. The number of benzene rings is 1. The van der Waals surface area contributed by atoms with Crippen LogP contribution in [0.15, 0.2) is 35.3 Å². The maximum absolute atomic E-state index is 14.8. The molecule has 27 heavy (non-hydrogen) atoms. The molecule has 1 aliphatic carbocycles. The standard InChI is InChI=1S/C20H17FN2O3.K/c1-10-5-12(6-11(2)22-10)14-8-18-15(7-17(14)21)19(24)16(20(25)26)9-23(18)13-3-4-13;/h5-9,13H,3-4H2,1-2H3,(H,25,26);/q;+1/p-1. The van der Waals surface area contributed by atoms with Gasteiger partial charge in [-0.1, -0.05) is 0 Å². The van der Waals surface area contributed by atoms with E-state index in [0.717, 1.165) is 30.3 Å². The molecule has 0 spiro atoms. The van der Waals surface area contributed by atoms with Crippen LogP contribution in [-0.4, -0.2) is 15.5 Å². The van der Waals surface area contributed by atoms with Gasteiger partial charge >= 0.3 is 51.4 Å². The molecular weight excluding hydrogens is 374 g/mol. The van der Waals surface area contributed by atoms with Crippen LogP contribution in [0.25, 0.3) is 22.0 Å². The van der Waals surface area contributed by atoms with Gasteiger partial charge in [0.15, 0.2) is 5.43 Å². The van der Waals surface area contributed by atoms with Crippen LogP contribution in [0.4, 0.5) is 4.39 Å². The number of carboxylic acids is 1. The third-order valence-corrected chi connectivity index (χ3v) is 4.67. The number of carboxylic acid groups (broad SMARTS) is 1. The fourth-order valence-corrected chi connectivity index (χ4v) is 3.38. The SMILES string of the molecule is Cc1cc(-c2cc3c(cc2F)c(=O)c(C(=O)[O-])cn3C2CC2)cc(C)n1.[K+]. The van der Waals surface area contributed by atoms with Gasteiger partial charge in [0, 0.05) is 34.6 Å². The fraction of sp³-hybridized carbons (Fsp3) is 0.250. The third-order valence-electron chi connectivity index (χ3n) is 4.67. The van der Waals surface area contributed by atoms with Crippen molar-refractivity contribution >= 4 is 16.9 Å². The summed E-state index contributed by atoms with van der Waals surface area (Å²) in [6.45, 7) is 3.67. The number of carbonyl (C=O) groups is 1. The fourth-order valence-electron chi connectivity index (χ4n) is 3.38. The normalized spacial score (nSPS) is 13.4. The summed E-state index contributed by atoms with van der Waals surface area (Å²) in [6, 6.07) is 6.44. The number of halogens is 1. The Kier molecular flexibility index (Phi) is 5.70. The molecule has 0 bridgehead atoms. The number of pyridine rings is 2. The van der Waals surface area contributed by atoms with E-state index in [4.69, 9.17) is 0 Å². The van der Waals surface area contributed by atoms with Crippen molar-refractivity contribution in [3.8, 4) is 11.1 Å². The molecule has 0 N–H and O–H groups in total. The summed E-state index contributed by atoms with van der Waals surface area (Å²) in [7, 11) is 0. The van der Waals surface area contributed by atoms with Crippen molar-refractivity contribution in [2.75, 3.05) is 0 Å². The predicted octanol–water partition coefficient (Wildman–Crippen LogP) is -0.478. The van der Waals surface area contributed by atoms with Gasteiger partial charge in [-0.3, -0.25) is 9.78 Å². The number of aromatic carboxylic acids is 1. The smallest absolute Gasteiger partial charge is 0.545 e. The molecule has 0 saturated heterocycles. The molecule has 0 atom stereocenters. The minimum Gasteiger partial charge on any atom is -0.545 e. The molecule has 1 fully saturated rings. The van der Waals surface area contributed by atoms with E-state index >= 15 is 0 Å². The number of hydrogen-bond acceptors (Lipinski definition) is 4. The summed E-state index contributed by atoms with van der Waals surface area (Å²) >= 11 is 0. The zero-order valence-corrected chi connectivity index (χ0v) is 18.5. The Balaban J connectivity index is 0.00000210. The zero-order chi connectivity index (χ0) is 18.6. The molecule has 5 nitrogen and oxygen atoms in total. The number of hydrogen-bond donors (Lipinski definition) is 0. The second kappa shape index (κ2) is 7.56. The van der Waals surface area contributed by atoms with Gasteiger partial charge in [-0.15, -0.1) is 0 Å². The van der Waals surface area contributed by atoms with Crippen LogP contribution in [0.1, 0.15) is 40.6 Å². The molecule has 1 saturated carbocycles. The minimum atomic E-state index is -1.55. The largest absolute Gasteiger partial charge is 1.00 e. The number of aromatic nitrogens is 2. The van der Waals surface area contributed by atoms with E-state index in [1.54, 1.807) is 22.8 Å². The molecule has 3 aromatic rings. The number of rotatable bonds is 3. The van der Waals surface area contributed by atoms with E-state index in [1.807, 2.05) is 13.8 Å². The van der Waals surface area contributed by atoms with Crippen molar-refractivity contribution in [3.63, 3.8) is 0 Å². The number of carbonyl (C=O) groups excluding carboxylic acids is 1. The van der Waals surface area contributed by atoms with Gasteiger partial charge in [0.1, 0.15) is 5.82 Å². The Morgan fingerprint density at radius 1 is 1.19 bits per heavy atom. The Hall–Kier alpha value is -1.38. The summed E-state index contributed by atoms with van der Waals surface area (Å²) < 4.78 is 16.6. The summed E-state index contributed by atoms with van der Waals surface area (Å²) in [6.07, 6.45) is 3.11. The summed E-state index contributed by atoms with van der Waals surface area (Å²) in [4.78, 5) is 28.0. The maximum atomic E-state index is 14.8. The predicted molar refractivity (Wildman–Crippen MR) is 93.5 cm³/mol. The van der Waals surface area contributed by atoms with E-state index < -0.39 is 22.8 Å². The minimum absolute atomic E-state index is 0.